The summed E-state index contributed by atoms with van der Waals surface area (Å²) in [6, 6.07) is 9.91. The van der Waals surface area contributed by atoms with Crippen LogP contribution in [0.4, 0.5) is 5.82 Å². The van der Waals surface area contributed by atoms with Gasteiger partial charge in [0.1, 0.15) is 5.82 Å². The Kier molecular flexibility index (Phi) is 3.83. The minimum Gasteiger partial charge on any atom is -0.378 e. The third kappa shape index (κ3) is 2.93. The fourth-order valence-corrected chi connectivity index (χ4v) is 3.29. The molecular weight excluding hydrogens is 342 g/mol. The molecule has 0 amide bonds. The van der Waals surface area contributed by atoms with Gasteiger partial charge in [0, 0.05) is 49.4 Å². The van der Waals surface area contributed by atoms with E-state index in [4.69, 9.17) is 14.8 Å². The number of hydrogen-bond acceptors (Lipinski definition) is 6. The molecule has 4 aromatic rings. The molecule has 0 saturated carbocycles. The molecule has 1 aliphatic rings. The Morgan fingerprint density at radius 1 is 1.00 bits per heavy atom. The van der Waals surface area contributed by atoms with E-state index in [0.717, 1.165) is 47.3 Å². The van der Waals surface area contributed by atoms with Gasteiger partial charge in [-0.05, 0) is 25.1 Å². The Bertz CT molecular complexity index is 1080. The Balaban J connectivity index is 1.69. The molecule has 5 rings (SSSR count). The van der Waals surface area contributed by atoms with Crippen LogP contribution in [0.15, 0.2) is 48.9 Å². The van der Waals surface area contributed by atoms with Crippen LogP contribution in [0.3, 0.4) is 0 Å². The molecule has 0 aromatic carbocycles. The van der Waals surface area contributed by atoms with Gasteiger partial charge in [-0.1, -0.05) is 0 Å². The average Bonchev–Trinajstić information content (AvgIpc) is 3.35. The number of fused-ring (bicyclic) bond motifs is 1. The topological polar surface area (TPSA) is 73.4 Å². The minimum absolute atomic E-state index is 0.707. The Labute approximate surface area is 156 Å². The van der Waals surface area contributed by atoms with Gasteiger partial charge in [0.05, 0.1) is 24.6 Å². The lowest BCUT2D eigenvalue weighted by Gasteiger charge is -2.29. The zero-order valence-electron chi connectivity index (χ0n) is 15.0. The lowest BCUT2D eigenvalue weighted by Crippen LogP contribution is -2.37. The Morgan fingerprint density at radius 3 is 2.56 bits per heavy atom. The molecule has 1 aliphatic heterocycles. The molecule has 0 atom stereocenters. The highest BCUT2D eigenvalue weighted by atomic mass is 16.5. The smallest absolute Gasteiger partial charge is 0.160 e. The van der Waals surface area contributed by atoms with Crippen LogP contribution in [-0.4, -0.2) is 55.7 Å². The molecule has 1 saturated heterocycles. The molecule has 0 aliphatic carbocycles. The summed E-state index contributed by atoms with van der Waals surface area (Å²) in [5.41, 5.74) is 3.62. The molecule has 136 valence electrons. The summed E-state index contributed by atoms with van der Waals surface area (Å²) in [6.45, 7) is 5.03. The lowest BCUT2D eigenvalue weighted by atomic mass is 10.2. The van der Waals surface area contributed by atoms with Crippen molar-refractivity contribution in [2.24, 2.45) is 0 Å². The fraction of sp³-hybridized carbons (Fsp3) is 0.263. The van der Waals surface area contributed by atoms with E-state index >= 15 is 0 Å². The second-order valence-electron chi connectivity index (χ2n) is 6.51. The number of aryl methyl sites for hydroxylation is 1. The highest BCUT2D eigenvalue weighted by Gasteiger charge is 2.19. The first-order valence-electron chi connectivity index (χ1n) is 8.94. The van der Waals surface area contributed by atoms with Crippen molar-refractivity contribution in [2.45, 2.75) is 6.92 Å². The predicted molar refractivity (Wildman–Crippen MR) is 101 cm³/mol. The minimum atomic E-state index is 0.707. The molecule has 0 N–H and O–H groups in total. The number of anilines is 1. The highest BCUT2D eigenvalue weighted by molar-refractivity contribution is 5.66. The van der Waals surface area contributed by atoms with Crippen LogP contribution in [-0.2, 0) is 4.74 Å². The van der Waals surface area contributed by atoms with Crippen molar-refractivity contribution in [3.63, 3.8) is 0 Å². The molecule has 0 radical (unpaired) electrons. The maximum atomic E-state index is 5.51. The maximum Gasteiger partial charge on any atom is 0.160 e. The van der Waals surface area contributed by atoms with E-state index in [9.17, 15) is 0 Å². The lowest BCUT2D eigenvalue weighted by molar-refractivity contribution is 0.122. The molecule has 0 bridgehead atoms. The van der Waals surface area contributed by atoms with Gasteiger partial charge in [-0.25, -0.2) is 9.67 Å². The summed E-state index contributed by atoms with van der Waals surface area (Å²) in [4.78, 5) is 11.2. The molecule has 4 aromatic heterocycles. The van der Waals surface area contributed by atoms with Gasteiger partial charge in [0.15, 0.2) is 11.5 Å². The normalized spacial score (nSPS) is 14.8. The highest BCUT2D eigenvalue weighted by Crippen LogP contribution is 2.25. The van der Waals surface area contributed by atoms with Crippen molar-refractivity contribution in [3.8, 4) is 17.1 Å². The summed E-state index contributed by atoms with van der Waals surface area (Å²) in [5.74, 6) is 1.77. The van der Waals surface area contributed by atoms with Gasteiger partial charge in [-0.2, -0.15) is 14.7 Å². The second kappa shape index (κ2) is 6.48. The van der Waals surface area contributed by atoms with Crippen LogP contribution in [0.1, 0.15) is 5.69 Å². The van der Waals surface area contributed by atoms with E-state index in [2.05, 4.69) is 15.0 Å². The third-order valence-corrected chi connectivity index (χ3v) is 4.66. The van der Waals surface area contributed by atoms with Crippen LogP contribution in [0.25, 0.3) is 22.7 Å². The van der Waals surface area contributed by atoms with Crippen molar-refractivity contribution >= 4 is 11.5 Å². The van der Waals surface area contributed by atoms with Gasteiger partial charge in [-0.15, -0.1) is 0 Å². The molecule has 8 nitrogen and oxygen atoms in total. The predicted octanol–water partition coefficient (Wildman–Crippen LogP) is 2.12. The first-order chi connectivity index (χ1) is 13.3. The number of morpholine rings is 1. The summed E-state index contributed by atoms with van der Waals surface area (Å²) in [7, 11) is 0. The van der Waals surface area contributed by atoms with Crippen LogP contribution in [0.2, 0.25) is 0 Å². The monoisotopic (exact) mass is 361 g/mol. The number of pyridine rings is 1. The Hall–Kier alpha value is -3.26. The first-order valence-corrected chi connectivity index (χ1v) is 8.94. The van der Waals surface area contributed by atoms with E-state index in [-0.39, 0.29) is 0 Å². The number of hydrogen-bond donors (Lipinski definition) is 0. The zero-order valence-corrected chi connectivity index (χ0v) is 15.0. The van der Waals surface area contributed by atoms with Crippen LogP contribution in [0, 0.1) is 6.92 Å². The van der Waals surface area contributed by atoms with E-state index in [1.165, 1.54) is 0 Å². The largest absolute Gasteiger partial charge is 0.378 e. The van der Waals surface area contributed by atoms with Crippen molar-refractivity contribution in [3.05, 3.63) is 54.6 Å². The van der Waals surface area contributed by atoms with Crippen molar-refractivity contribution in [1.82, 2.24) is 29.4 Å². The summed E-state index contributed by atoms with van der Waals surface area (Å²) < 4.78 is 9.22. The molecule has 27 heavy (non-hydrogen) atoms. The number of rotatable bonds is 3. The zero-order chi connectivity index (χ0) is 18.2. The van der Waals surface area contributed by atoms with Crippen LogP contribution in [0.5, 0.6) is 0 Å². The van der Waals surface area contributed by atoms with E-state index < -0.39 is 0 Å². The number of ether oxygens (including phenoxy) is 1. The van der Waals surface area contributed by atoms with E-state index in [1.807, 2.05) is 48.0 Å². The van der Waals surface area contributed by atoms with E-state index in [0.29, 0.717) is 13.2 Å². The van der Waals surface area contributed by atoms with Crippen LogP contribution >= 0.6 is 0 Å². The van der Waals surface area contributed by atoms with Crippen LogP contribution < -0.4 is 4.90 Å². The summed E-state index contributed by atoms with van der Waals surface area (Å²) >= 11 is 0. The SMILES string of the molecule is Cc1ccn(-c2cc(N3CCOCC3)n3nc(-c4ccncc4)cc3n2)n1. The second-order valence-corrected chi connectivity index (χ2v) is 6.51. The van der Waals surface area contributed by atoms with Gasteiger partial charge in [-0.3, -0.25) is 4.98 Å². The van der Waals surface area contributed by atoms with Crippen molar-refractivity contribution in [1.29, 1.82) is 0 Å². The average molecular weight is 361 g/mol. The van der Waals surface area contributed by atoms with Gasteiger partial charge in [0.25, 0.3) is 0 Å². The fourth-order valence-electron chi connectivity index (χ4n) is 3.29. The standard InChI is InChI=1S/C19H19N7O/c1-14-4-7-25(22-14)17-13-19(24-8-10-27-11-9-24)26-18(21-17)12-16(23-26)15-2-5-20-6-3-15/h2-7,12-13H,8-11H2,1H3. The number of aromatic nitrogens is 6. The molecule has 8 heteroatoms. The third-order valence-electron chi connectivity index (χ3n) is 4.66. The molecule has 5 heterocycles. The molecule has 1 fully saturated rings. The first kappa shape index (κ1) is 16.0. The van der Waals surface area contributed by atoms with Crippen molar-refractivity contribution in [2.75, 3.05) is 31.2 Å². The molecule has 0 unspecified atom stereocenters. The molecule has 0 spiro atoms. The quantitative estimate of drug-likeness (QED) is 0.557. The van der Waals surface area contributed by atoms with Gasteiger partial charge < -0.3 is 9.64 Å². The molecular formula is C19H19N7O. The van der Waals surface area contributed by atoms with Gasteiger partial charge >= 0.3 is 0 Å². The number of nitrogens with zero attached hydrogens (tertiary/aromatic N) is 7. The van der Waals surface area contributed by atoms with Crippen molar-refractivity contribution < 1.29 is 4.74 Å². The van der Waals surface area contributed by atoms with E-state index in [1.54, 1.807) is 17.1 Å². The summed E-state index contributed by atoms with van der Waals surface area (Å²) in [6.07, 6.45) is 5.47. The van der Waals surface area contributed by atoms with Gasteiger partial charge in [0.2, 0.25) is 0 Å². The summed E-state index contributed by atoms with van der Waals surface area (Å²) in [5, 5.41) is 9.32. The maximum absolute atomic E-state index is 5.51. The Morgan fingerprint density at radius 2 is 1.81 bits per heavy atom.